The highest BCUT2D eigenvalue weighted by Crippen LogP contribution is 2.47. The molecule has 1 aromatic heterocycles. The maximum Gasteiger partial charge on any atom is 0.241 e. The molecule has 2 aliphatic rings. The van der Waals surface area contributed by atoms with Crippen LogP contribution in [0.2, 0.25) is 0 Å². The largest absolute Gasteiger partial charge is 0.369 e. The van der Waals surface area contributed by atoms with Gasteiger partial charge in [0.25, 0.3) is 0 Å². The Balaban J connectivity index is 1.37. The molecule has 0 radical (unpaired) electrons. The molecular weight excluding hydrogens is 358 g/mol. The summed E-state index contributed by atoms with van der Waals surface area (Å²) >= 11 is 0. The number of rotatable bonds is 5. The number of hydrogen-bond donors (Lipinski definition) is 2. The summed E-state index contributed by atoms with van der Waals surface area (Å²) in [4.78, 5) is 29.9. The van der Waals surface area contributed by atoms with Crippen molar-refractivity contribution < 1.29 is 14.1 Å². The number of benzene rings is 1. The van der Waals surface area contributed by atoms with E-state index in [0.717, 1.165) is 31.9 Å². The number of anilines is 3. The lowest BCUT2D eigenvalue weighted by Crippen LogP contribution is -2.44. The van der Waals surface area contributed by atoms with E-state index in [9.17, 15) is 9.59 Å². The van der Waals surface area contributed by atoms with Gasteiger partial charge in [-0.3, -0.25) is 9.59 Å². The molecule has 2 N–H and O–H groups in total. The van der Waals surface area contributed by atoms with Crippen LogP contribution in [-0.2, 0) is 9.59 Å². The summed E-state index contributed by atoms with van der Waals surface area (Å²) in [5.74, 6) is 0.313. The number of piperazine rings is 1. The monoisotopic (exact) mass is 383 g/mol. The molecule has 8 heteroatoms. The van der Waals surface area contributed by atoms with Crippen molar-refractivity contribution in [3.05, 3.63) is 36.1 Å². The summed E-state index contributed by atoms with van der Waals surface area (Å²) < 4.78 is 4.95. The van der Waals surface area contributed by atoms with Crippen LogP contribution < -0.4 is 15.5 Å². The van der Waals surface area contributed by atoms with E-state index in [1.807, 2.05) is 24.3 Å². The second-order valence-electron chi connectivity index (χ2n) is 7.65. The molecule has 0 unspecified atom stereocenters. The first-order valence-corrected chi connectivity index (χ1v) is 9.56. The fourth-order valence-electron chi connectivity index (χ4n) is 3.41. The van der Waals surface area contributed by atoms with Gasteiger partial charge in [-0.25, -0.2) is 0 Å². The highest BCUT2D eigenvalue weighted by molar-refractivity contribution is 6.16. The standard InChI is InChI=1S/C20H25N5O3/c1-14-13-17(23-28-14)22-19(27)20(7-8-20)18(26)21-15-3-5-16(6-4-15)25-11-9-24(2)10-12-25/h3-6,13H,7-12H2,1-2H3,(H,21,26)(H,22,23,27). The van der Waals surface area contributed by atoms with E-state index < -0.39 is 5.41 Å². The first-order valence-electron chi connectivity index (χ1n) is 9.56. The minimum Gasteiger partial charge on any atom is -0.369 e. The molecule has 148 valence electrons. The van der Waals surface area contributed by atoms with E-state index in [2.05, 4.69) is 32.6 Å². The van der Waals surface area contributed by atoms with Crippen molar-refractivity contribution in [1.82, 2.24) is 10.1 Å². The average Bonchev–Trinajstić information content (AvgIpc) is 3.41. The molecule has 2 amide bonds. The van der Waals surface area contributed by atoms with Gasteiger partial charge in [-0.2, -0.15) is 0 Å². The lowest BCUT2D eigenvalue weighted by atomic mass is 10.0. The van der Waals surface area contributed by atoms with E-state index >= 15 is 0 Å². The van der Waals surface area contributed by atoms with Crippen LogP contribution in [0.1, 0.15) is 18.6 Å². The number of likely N-dealkylation sites (N-methyl/N-ethyl adjacent to an activating group) is 1. The highest BCUT2D eigenvalue weighted by Gasteiger charge is 2.56. The van der Waals surface area contributed by atoms with Crippen LogP contribution in [0.25, 0.3) is 0 Å². The molecule has 8 nitrogen and oxygen atoms in total. The molecule has 2 fully saturated rings. The average molecular weight is 383 g/mol. The van der Waals surface area contributed by atoms with Crippen LogP contribution >= 0.6 is 0 Å². The SMILES string of the molecule is Cc1cc(NC(=O)C2(C(=O)Nc3ccc(N4CCN(C)CC4)cc3)CC2)no1. The molecule has 2 heterocycles. The van der Waals surface area contributed by atoms with Crippen molar-refractivity contribution in [2.75, 3.05) is 48.8 Å². The maximum absolute atomic E-state index is 12.7. The first kappa shape index (κ1) is 18.5. The Morgan fingerprint density at radius 1 is 1.04 bits per heavy atom. The van der Waals surface area contributed by atoms with Crippen LogP contribution in [0.4, 0.5) is 17.2 Å². The maximum atomic E-state index is 12.7. The Kier molecular flexibility index (Phi) is 4.80. The van der Waals surface area contributed by atoms with Gasteiger partial charge in [0.05, 0.1) is 0 Å². The van der Waals surface area contributed by atoms with Gasteiger partial charge in [0.2, 0.25) is 11.8 Å². The fraction of sp³-hybridized carbons (Fsp3) is 0.450. The molecular formula is C20H25N5O3. The number of nitrogens with one attached hydrogen (secondary N) is 2. The van der Waals surface area contributed by atoms with Crippen molar-refractivity contribution in [1.29, 1.82) is 0 Å². The minimum absolute atomic E-state index is 0.280. The van der Waals surface area contributed by atoms with Crippen LogP contribution in [0.5, 0.6) is 0 Å². The quantitative estimate of drug-likeness (QED) is 0.769. The lowest BCUT2D eigenvalue weighted by molar-refractivity contribution is -0.131. The molecule has 1 saturated heterocycles. The predicted molar refractivity (Wildman–Crippen MR) is 106 cm³/mol. The van der Waals surface area contributed by atoms with E-state index in [1.54, 1.807) is 13.0 Å². The van der Waals surface area contributed by atoms with Gasteiger partial charge < -0.3 is 25.0 Å². The van der Waals surface area contributed by atoms with Crippen molar-refractivity contribution in [2.24, 2.45) is 5.41 Å². The van der Waals surface area contributed by atoms with E-state index in [-0.39, 0.29) is 11.8 Å². The third-order valence-electron chi connectivity index (χ3n) is 5.48. The Morgan fingerprint density at radius 2 is 1.68 bits per heavy atom. The molecule has 1 saturated carbocycles. The summed E-state index contributed by atoms with van der Waals surface area (Å²) in [6.07, 6.45) is 1.06. The number of hydrogen-bond acceptors (Lipinski definition) is 6. The van der Waals surface area contributed by atoms with E-state index in [0.29, 0.717) is 30.1 Å². The second-order valence-corrected chi connectivity index (χ2v) is 7.65. The third-order valence-corrected chi connectivity index (χ3v) is 5.48. The topological polar surface area (TPSA) is 90.7 Å². The Bertz CT molecular complexity index is 864. The Morgan fingerprint density at radius 3 is 2.25 bits per heavy atom. The first-order chi connectivity index (χ1) is 13.5. The summed E-state index contributed by atoms with van der Waals surface area (Å²) in [5.41, 5.74) is 0.814. The Hall–Kier alpha value is -2.87. The minimum atomic E-state index is -1.02. The number of amides is 2. The number of nitrogens with zero attached hydrogens (tertiary/aromatic N) is 3. The lowest BCUT2D eigenvalue weighted by Gasteiger charge is -2.34. The molecule has 0 atom stereocenters. The number of aryl methyl sites for hydroxylation is 1. The molecule has 2 aromatic rings. The van der Waals surface area contributed by atoms with Gasteiger partial charge in [0.15, 0.2) is 5.82 Å². The second kappa shape index (κ2) is 7.27. The summed E-state index contributed by atoms with van der Waals surface area (Å²) in [7, 11) is 2.13. The highest BCUT2D eigenvalue weighted by atomic mass is 16.5. The van der Waals surface area contributed by atoms with Crippen LogP contribution in [0.3, 0.4) is 0 Å². The number of carbonyl (C=O) groups excluding carboxylic acids is 2. The molecule has 1 aliphatic heterocycles. The zero-order chi connectivity index (χ0) is 19.7. The summed E-state index contributed by atoms with van der Waals surface area (Å²) in [6.45, 7) is 5.82. The molecule has 1 aliphatic carbocycles. The van der Waals surface area contributed by atoms with Gasteiger partial charge in [0.1, 0.15) is 11.2 Å². The molecule has 1 aromatic carbocycles. The smallest absolute Gasteiger partial charge is 0.241 e. The van der Waals surface area contributed by atoms with Crippen LogP contribution in [-0.4, -0.2) is 55.1 Å². The van der Waals surface area contributed by atoms with Crippen molar-refractivity contribution in [3.8, 4) is 0 Å². The molecule has 0 bridgehead atoms. The third kappa shape index (κ3) is 3.73. The predicted octanol–water partition coefficient (Wildman–Crippen LogP) is 2.09. The Labute approximate surface area is 163 Å². The van der Waals surface area contributed by atoms with Gasteiger partial charge in [-0.1, -0.05) is 5.16 Å². The fourth-order valence-corrected chi connectivity index (χ4v) is 3.41. The van der Waals surface area contributed by atoms with Gasteiger partial charge in [-0.15, -0.1) is 0 Å². The molecule has 0 spiro atoms. The molecule has 4 rings (SSSR count). The zero-order valence-corrected chi connectivity index (χ0v) is 16.2. The van der Waals surface area contributed by atoms with Gasteiger partial charge >= 0.3 is 0 Å². The van der Waals surface area contributed by atoms with Gasteiger partial charge in [0, 0.05) is 43.6 Å². The molecule has 28 heavy (non-hydrogen) atoms. The van der Waals surface area contributed by atoms with E-state index in [1.165, 1.54) is 0 Å². The van der Waals surface area contributed by atoms with Crippen molar-refractivity contribution in [2.45, 2.75) is 19.8 Å². The number of aromatic nitrogens is 1. The zero-order valence-electron chi connectivity index (χ0n) is 16.2. The normalized spacial score (nSPS) is 18.6. The van der Waals surface area contributed by atoms with E-state index in [4.69, 9.17) is 4.52 Å². The summed E-state index contributed by atoms with van der Waals surface area (Å²) in [6, 6.07) is 9.43. The van der Waals surface area contributed by atoms with Crippen molar-refractivity contribution >= 4 is 29.0 Å². The number of carbonyl (C=O) groups is 2. The van der Waals surface area contributed by atoms with Crippen molar-refractivity contribution in [3.63, 3.8) is 0 Å². The van der Waals surface area contributed by atoms with Crippen LogP contribution in [0.15, 0.2) is 34.9 Å². The summed E-state index contributed by atoms with van der Waals surface area (Å²) in [5, 5.41) is 9.31. The van der Waals surface area contributed by atoms with Gasteiger partial charge in [-0.05, 0) is 51.1 Å². The van der Waals surface area contributed by atoms with Crippen LogP contribution in [0, 0.1) is 12.3 Å².